The molecule has 0 saturated carbocycles. The van der Waals surface area contributed by atoms with Crippen molar-refractivity contribution >= 4 is 17.3 Å². The molecule has 0 unspecified atom stereocenters. The van der Waals surface area contributed by atoms with Gasteiger partial charge < -0.3 is 10.4 Å². The standard InChI is InChI=1S/C23H23F3N4O3/c1-14(18-8-3-9-19(20(18)24)21(25)26)29-23(33)16-11-15(22-27-13-28-30(22)12-16)5-2-6-17(32)7-4-10-31/h3-4,7-9,11-14,21,31H,2,5-6,10H2,1H3,(H,29,33)/b7-4-/t14-/m1/s1. The van der Waals surface area contributed by atoms with Crippen LogP contribution in [0.3, 0.4) is 0 Å². The number of nitrogens with one attached hydrogen (secondary N) is 1. The van der Waals surface area contributed by atoms with Gasteiger partial charge in [0.15, 0.2) is 11.4 Å². The van der Waals surface area contributed by atoms with Crippen molar-refractivity contribution in [3.8, 4) is 0 Å². The highest BCUT2D eigenvalue weighted by atomic mass is 19.3. The summed E-state index contributed by atoms with van der Waals surface area (Å²) >= 11 is 0. The fraction of sp³-hybridized carbons (Fsp3) is 0.304. The first-order chi connectivity index (χ1) is 15.8. The number of aryl methyl sites for hydroxylation is 1. The molecular weight excluding hydrogens is 437 g/mol. The van der Waals surface area contributed by atoms with Crippen LogP contribution < -0.4 is 5.32 Å². The number of aromatic nitrogens is 3. The zero-order valence-electron chi connectivity index (χ0n) is 17.8. The van der Waals surface area contributed by atoms with E-state index in [0.29, 0.717) is 24.1 Å². The fourth-order valence-electron chi connectivity index (χ4n) is 3.45. The van der Waals surface area contributed by atoms with Crippen LogP contribution in [0.5, 0.6) is 0 Å². The Bertz CT molecular complexity index is 1180. The van der Waals surface area contributed by atoms with Gasteiger partial charge in [-0.25, -0.2) is 22.7 Å². The lowest BCUT2D eigenvalue weighted by Gasteiger charge is -2.17. The first-order valence-corrected chi connectivity index (χ1v) is 10.3. The number of nitrogens with zero attached hydrogens (tertiary/aromatic N) is 3. The van der Waals surface area contributed by atoms with Gasteiger partial charge in [-0.1, -0.05) is 24.3 Å². The molecule has 3 rings (SSSR count). The van der Waals surface area contributed by atoms with Gasteiger partial charge >= 0.3 is 0 Å². The summed E-state index contributed by atoms with van der Waals surface area (Å²) < 4.78 is 41.9. The maximum Gasteiger partial charge on any atom is 0.266 e. The molecule has 1 amide bonds. The molecule has 0 saturated heterocycles. The highest BCUT2D eigenvalue weighted by Crippen LogP contribution is 2.27. The van der Waals surface area contributed by atoms with E-state index in [1.54, 1.807) is 6.07 Å². The smallest absolute Gasteiger partial charge is 0.266 e. The van der Waals surface area contributed by atoms with Gasteiger partial charge in [0.2, 0.25) is 0 Å². The molecule has 0 fully saturated rings. The van der Waals surface area contributed by atoms with Gasteiger partial charge in [0, 0.05) is 18.2 Å². The third-order valence-electron chi connectivity index (χ3n) is 5.10. The van der Waals surface area contributed by atoms with Gasteiger partial charge in [-0.3, -0.25) is 9.59 Å². The highest BCUT2D eigenvalue weighted by Gasteiger charge is 2.21. The van der Waals surface area contributed by atoms with Crippen LogP contribution in [0.2, 0.25) is 0 Å². The number of allylic oxidation sites excluding steroid dienone is 1. The molecule has 7 nitrogen and oxygen atoms in total. The molecule has 10 heteroatoms. The molecular formula is C23H23F3N4O3. The Morgan fingerprint density at radius 3 is 2.76 bits per heavy atom. The van der Waals surface area contributed by atoms with Gasteiger partial charge in [0.05, 0.1) is 23.8 Å². The van der Waals surface area contributed by atoms with E-state index in [2.05, 4.69) is 15.4 Å². The summed E-state index contributed by atoms with van der Waals surface area (Å²) in [5.74, 6) is -1.71. The topological polar surface area (TPSA) is 96.6 Å². The van der Waals surface area contributed by atoms with Gasteiger partial charge in [0.1, 0.15) is 12.1 Å². The number of amides is 1. The summed E-state index contributed by atoms with van der Waals surface area (Å²) in [6.07, 6.45) is 3.72. The Labute approximate surface area is 188 Å². The lowest BCUT2D eigenvalue weighted by molar-refractivity contribution is -0.114. The number of ketones is 1. The van der Waals surface area contributed by atoms with Gasteiger partial charge in [-0.15, -0.1) is 0 Å². The first-order valence-electron chi connectivity index (χ1n) is 10.3. The van der Waals surface area contributed by atoms with E-state index in [9.17, 15) is 22.8 Å². The minimum Gasteiger partial charge on any atom is -0.392 e. The number of alkyl halides is 2. The van der Waals surface area contributed by atoms with Crippen molar-refractivity contribution in [1.82, 2.24) is 19.9 Å². The third-order valence-corrected chi connectivity index (χ3v) is 5.10. The molecule has 1 atom stereocenters. The number of hydrogen-bond acceptors (Lipinski definition) is 5. The molecule has 174 valence electrons. The molecule has 0 aliphatic rings. The molecule has 1 aromatic carbocycles. The molecule has 33 heavy (non-hydrogen) atoms. The normalized spacial score (nSPS) is 12.5. The Balaban J connectivity index is 1.77. The minimum absolute atomic E-state index is 0.0438. The van der Waals surface area contributed by atoms with Crippen molar-refractivity contribution in [2.24, 2.45) is 0 Å². The molecule has 0 spiro atoms. The van der Waals surface area contributed by atoms with E-state index in [1.165, 1.54) is 48.2 Å². The summed E-state index contributed by atoms with van der Waals surface area (Å²) in [5.41, 5.74) is 0.693. The maximum atomic E-state index is 14.4. The zero-order valence-corrected chi connectivity index (χ0v) is 17.8. The number of rotatable bonds is 10. The van der Waals surface area contributed by atoms with Gasteiger partial charge in [-0.05, 0) is 37.5 Å². The molecule has 2 N–H and O–H groups in total. The predicted molar refractivity (Wildman–Crippen MR) is 114 cm³/mol. The summed E-state index contributed by atoms with van der Waals surface area (Å²) in [6.45, 7) is 1.30. The molecule has 2 aromatic heterocycles. The van der Waals surface area contributed by atoms with E-state index in [1.807, 2.05) is 0 Å². The maximum absolute atomic E-state index is 14.4. The van der Waals surface area contributed by atoms with E-state index in [4.69, 9.17) is 5.11 Å². The molecule has 0 aliphatic heterocycles. The second-order valence-corrected chi connectivity index (χ2v) is 7.43. The SMILES string of the molecule is C[C@@H](NC(=O)c1cc(CCCC(=O)/C=C\CO)c2ncnn2c1)c1cccc(C(F)F)c1F. The third kappa shape index (κ3) is 5.83. The van der Waals surface area contributed by atoms with E-state index in [-0.39, 0.29) is 29.9 Å². The van der Waals surface area contributed by atoms with E-state index < -0.39 is 29.8 Å². The zero-order chi connectivity index (χ0) is 24.0. The summed E-state index contributed by atoms with van der Waals surface area (Å²) in [7, 11) is 0. The van der Waals surface area contributed by atoms with Crippen LogP contribution in [-0.2, 0) is 11.2 Å². The van der Waals surface area contributed by atoms with Crippen LogP contribution in [0, 0.1) is 5.82 Å². The Kier molecular flexibility index (Phi) is 7.94. The first kappa shape index (κ1) is 24.1. The monoisotopic (exact) mass is 460 g/mol. The number of hydrogen-bond donors (Lipinski definition) is 2. The number of carbonyl (C=O) groups is 2. The molecule has 3 aromatic rings. The highest BCUT2D eigenvalue weighted by molar-refractivity contribution is 5.94. The summed E-state index contributed by atoms with van der Waals surface area (Å²) in [6, 6.07) is 4.43. The van der Waals surface area contributed by atoms with Crippen molar-refractivity contribution in [2.45, 2.75) is 38.7 Å². The number of aliphatic hydroxyl groups excluding tert-OH is 1. The number of fused-ring (bicyclic) bond motifs is 1. The van der Waals surface area contributed by atoms with E-state index in [0.717, 1.165) is 6.07 Å². The van der Waals surface area contributed by atoms with Crippen molar-refractivity contribution < 1.29 is 27.9 Å². The average Bonchev–Trinajstić information content (AvgIpc) is 3.26. The Morgan fingerprint density at radius 2 is 2.03 bits per heavy atom. The lowest BCUT2D eigenvalue weighted by Crippen LogP contribution is -2.28. The Hall–Kier alpha value is -3.53. The molecule has 0 aliphatic carbocycles. The van der Waals surface area contributed by atoms with Crippen LogP contribution in [0.15, 0.2) is 48.9 Å². The molecule has 0 bridgehead atoms. The average molecular weight is 460 g/mol. The predicted octanol–water partition coefficient (Wildman–Crippen LogP) is 3.74. The fourth-order valence-corrected chi connectivity index (χ4v) is 3.45. The summed E-state index contributed by atoms with van der Waals surface area (Å²) in [4.78, 5) is 28.8. The molecule has 0 radical (unpaired) electrons. The van der Waals surface area contributed by atoms with Gasteiger partial charge in [0.25, 0.3) is 12.3 Å². The number of carbonyl (C=O) groups excluding carboxylic acids is 2. The van der Waals surface area contributed by atoms with Crippen LogP contribution in [0.1, 0.15) is 59.3 Å². The van der Waals surface area contributed by atoms with Gasteiger partial charge in [-0.2, -0.15) is 5.10 Å². The van der Waals surface area contributed by atoms with Crippen LogP contribution >= 0.6 is 0 Å². The van der Waals surface area contributed by atoms with Crippen LogP contribution in [0.25, 0.3) is 5.65 Å². The second-order valence-electron chi connectivity index (χ2n) is 7.43. The van der Waals surface area contributed by atoms with Crippen molar-refractivity contribution in [3.05, 3.63) is 77.0 Å². The van der Waals surface area contributed by atoms with Crippen LogP contribution in [0.4, 0.5) is 13.2 Å². The lowest BCUT2D eigenvalue weighted by atomic mass is 10.0. The summed E-state index contributed by atoms with van der Waals surface area (Å²) in [5, 5.41) is 15.4. The number of pyridine rings is 1. The quantitative estimate of drug-likeness (QED) is 0.450. The van der Waals surface area contributed by atoms with Crippen molar-refractivity contribution in [1.29, 1.82) is 0 Å². The minimum atomic E-state index is -2.96. The van der Waals surface area contributed by atoms with Crippen molar-refractivity contribution in [2.75, 3.05) is 6.61 Å². The second kappa shape index (κ2) is 10.9. The van der Waals surface area contributed by atoms with Crippen LogP contribution in [-0.4, -0.2) is 38.0 Å². The number of halogens is 3. The van der Waals surface area contributed by atoms with Crippen molar-refractivity contribution in [3.63, 3.8) is 0 Å². The number of aliphatic hydroxyl groups is 1. The molecule has 2 heterocycles. The largest absolute Gasteiger partial charge is 0.392 e. The Morgan fingerprint density at radius 1 is 1.27 bits per heavy atom. The van der Waals surface area contributed by atoms with E-state index >= 15 is 0 Å². The number of benzene rings is 1.